The van der Waals surface area contributed by atoms with Crippen LogP contribution in [0.5, 0.6) is 0 Å². The number of nitrogens with one attached hydrogen (secondary N) is 1. The molecule has 6 heteroatoms. The molecule has 4 rings (SSSR count). The first-order valence-electron chi connectivity index (χ1n) is 10.6. The molecule has 0 radical (unpaired) electrons. The average molecular weight is 416 g/mol. The van der Waals surface area contributed by atoms with Gasteiger partial charge >= 0.3 is 0 Å². The summed E-state index contributed by atoms with van der Waals surface area (Å²) in [6.07, 6.45) is 16.4. The number of rotatable bonds is 5. The van der Waals surface area contributed by atoms with E-state index in [9.17, 15) is 4.79 Å². The topological polar surface area (TPSA) is 49.0 Å². The Morgan fingerprint density at radius 3 is 2.39 bits per heavy atom. The lowest BCUT2D eigenvalue weighted by molar-refractivity contribution is 0.102. The van der Waals surface area contributed by atoms with Gasteiger partial charge in [-0.1, -0.05) is 62.5 Å². The van der Waals surface area contributed by atoms with Gasteiger partial charge in [0.05, 0.1) is 5.75 Å². The SMILES string of the molecule is O=C(CSC(=S)N(C1CCCCC1)C1CCCCC1)c1c[nH]c2ncccc12. The number of Topliss-reactive ketones (excluding diaryl/α,β-unsaturated/α-hetero) is 1. The largest absolute Gasteiger partial charge is 0.352 e. The van der Waals surface area contributed by atoms with Gasteiger partial charge in [-0.2, -0.15) is 0 Å². The predicted octanol–water partition coefficient (Wildman–Crippen LogP) is 5.73. The number of thiocarbonyl (C=S) groups is 1. The molecular formula is C22H29N3OS2. The fourth-order valence-electron chi connectivity index (χ4n) is 4.78. The molecule has 0 aliphatic heterocycles. The summed E-state index contributed by atoms with van der Waals surface area (Å²) in [6.45, 7) is 0. The number of hydrogen-bond donors (Lipinski definition) is 1. The molecule has 0 aromatic carbocycles. The number of thioether (sulfide) groups is 1. The zero-order chi connectivity index (χ0) is 19.3. The van der Waals surface area contributed by atoms with Crippen LogP contribution in [0.2, 0.25) is 0 Å². The van der Waals surface area contributed by atoms with Gasteiger partial charge in [0.25, 0.3) is 0 Å². The van der Waals surface area contributed by atoms with E-state index in [2.05, 4.69) is 14.9 Å². The third kappa shape index (κ3) is 4.43. The van der Waals surface area contributed by atoms with Crippen LogP contribution < -0.4 is 0 Å². The lowest BCUT2D eigenvalue weighted by atomic mass is 9.89. The minimum absolute atomic E-state index is 0.124. The number of carbonyl (C=O) groups is 1. The number of fused-ring (bicyclic) bond motifs is 1. The molecule has 150 valence electrons. The Bertz CT molecular complexity index is 804. The Kier molecular flexibility index (Phi) is 6.68. The second kappa shape index (κ2) is 9.40. The molecule has 0 spiro atoms. The second-order valence-corrected chi connectivity index (χ2v) is 9.68. The van der Waals surface area contributed by atoms with Crippen LogP contribution in [-0.2, 0) is 0 Å². The Balaban J connectivity index is 1.43. The average Bonchev–Trinajstić information content (AvgIpc) is 3.18. The Morgan fingerprint density at radius 1 is 1.11 bits per heavy atom. The Labute approximate surface area is 176 Å². The van der Waals surface area contributed by atoms with Gasteiger partial charge in [0.1, 0.15) is 9.97 Å². The monoisotopic (exact) mass is 415 g/mol. The van der Waals surface area contributed by atoms with E-state index in [-0.39, 0.29) is 5.78 Å². The number of ketones is 1. The summed E-state index contributed by atoms with van der Waals surface area (Å²) < 4.78 is 0.935. The van der Waals surface area contributed by atoms with Crippen LogP contribution in [0.3, 0.4) is 0 Å². The number of aromatic amines is 1. The van der Waals surface area contributed by atoms with Crippen LogP contribution in [0.15, 0.2) is 24.5 Å². The summed E-state index contributed by atoms with van der Waals surface area (Å²) in [6, 6.07) is 4.97. The smallest absolute Gasteiger partial charge is 0.175 e. The predicted molar refractivity (Wildman–Crippen MR) is 121 cm³/mol. The van der Waals surface area contributed by atoms with Crippen molar-refractivity contribution in [3.05, 3.63) is 30.1 Å². The standard InChI is InChI=1S/C22H29N3OS2/c26-20(19-14-24-21-18(19)12-7-13-23-21)15-28-22(27)25(16-8-3-1-4-9-16)17-10-5-2-6-11-17/h7,12-14,16-17H,1-6,8-11,15H2,(H,23,24). The van der Waals surface area contributed by atoms with Crippen molar-refractivity contribution in [1.29, 1.82) is 0 Å². The minimum Gasteiger partial charge on any atom is -0.352 e. The van der Waals surface area contributed by atoms with Gasteiger partial charge in [-0.05, 0) is 37.8 Å². The number of pyridine rings is 1. The molecule has 4 nitrogen and oxygen atoms in total. The van der Waals surface area contributed by atoms with Gasteiger partial charge in [0, 0.05) is 35.4 Å². The van der Waals surface area contributed by atoms with Crippen molar-refractivity contribution in [1.82, 2.24) is 14.9 Å². The molecule has 2 saturated carbocycles. The van der Waals surface area contributed by atoms with Crippen molar-refractivity contribution >= 4 is 45.1 Å². The van der Waals surface area contributed by atoms with E-state index in [0.717, 1.165) is 20.9 Å². The van der Waals surface area contributed by atoms with E-state index in [0.29, 0.717) is 17.8 Å². The number of hydrogen-bond acceptors (Lipinski definition) is 4. The maximum Gasteiger partial charge on any atom is 0.175 e. The Morgan fingerprint density at radius 2 is 1.75 bits per heavy atom. The van der Waals surface area contributed by atoms with Gasteiger partial charge < -0.3 is 9.88 Å². The summed E-state index contributed by atoms with van der Waals surface area (Å²) in [5.41, 5.74) is 1.49. The quantitative estimate of drug-likeness (QED) is 0.499. The van der Waals surface area contributed by atoms with Gasteiger partial charge in [-0.25, -0.2) is 4.98 Å². The molecule has 2 aromatic heterocycles. The van der Waals surface area contributed by atoms with Gasteiger partial charge in [-0.3, -0.25) is 4.79 Å². The lowest BCUT2D eigenvalue weighted by Gasteiger charge is -2.43. The minimum atomic E-state index is 0.124. The highest BCUT2D eigenvalue weighted by molar-refractivity contribution is 8.23. The third-order valence-electron chi connectivity index (χ3n) is 6.23. The number of H-pyrrole nitrogens is 1. The molecule has 0 amide bonds. The fraction of sp³-hybridized carbons (Fsp3) is 0.591. The van der Waals surface area contributed by atoms with E-state index in [1.54, 1.807) is 24.2 Å². The van der Waals surface area contributed by atoms with Crippen LogP contribution in [0.4, 0.5) is 0 Å². The first-order valence-corrected chi connectivity index (χ1v) is 12.0. The maximum absolute atomic E-state index is 12.9. The molecule has 0 unspecified atom stereocenters. The van der Waals surface area contributed by atoms with Crippen LogP contribution in [-0.4, -0.2) is 42.8 Å². The zero-order valence-electron chi connectivity index (χ0n) is 16.4. The normalized spacial score (nSPS) is 19.0. The molecule has 0 saturated heterocycles. The van der Waals surface area contributed by atoms with Crippen molar-refractivity contribution in [2.75, 3.05) is 5.75 Å². The summed E-state index contributed by atoms with van der Waals surface area (Å²) >= 11 is 7.46. The molecule has 1 N–H and O–H groups in total. The highest BCUT2D eigenvalue weighted by Gasteiger charge is 2.31. The van der Waals surface area contributed by atoms with Gasteiger partial charge in [-0.15, -0.1) is 0 Å². The molecule has 2 fully saturated rings. The fourth-order valence-corrected chi connectivity index (χ4v) is 6.11. The third-order valence-corrected chi connectivity index (χ3v) is 7.65. The van der Waals surface area contributed by atoms with E-state index < -0.39 is 0 Å². The lowest BCUT2D eigenvalue weighted by Crippen LogP contribution is -2.47. The van der Waals surface area contributed by atoms with Crippen molar-refractivity contribution in [2.24, 2.45) is 0 Å². The molecule has 0 bridgehead atoms. The number of nitrogens with zero attached hydrogens (tertiary/aromatic N) is 2. The van der Waals surface area contributed by atoms with Gasteiger partial charge in [0.2, 0.25) is 0 Å². The number of aromatic nitrogens is 2. The molecule has 2 aliphatic rings. The molecule has 2 aliphatic carbocycles. The van der Waals surface area contributed by atoms with E-state index in [4.69, 9.17) is 12.2 Å². The van der Waals surface area contributed by atoms with E-state index in [1.807, 2.05) is 12.1 Å². The summed E-state index contributed by atoms with van der Waals surface area (Å²) in [4.78, 5) is 22.8. The first-order chi connectivity index (χ1) is 13.7. The molecule has 0 atom stereocenters. The van der Waals surface area contributed by atoms with Crippen LogP contribution in [0.25, 0.3) is 11.0 Å². The Hall–Kier alpha value is -1.40. The highest BCUT2D eigenvalue weighted by atomic mass is 32.2. The molecular weight excluding hydrogens is 386 g/mol. The first kappa shape index (κ1) is 19.9. The van der Waals surface area contributed by atoms with Crippen molar-refractivity contribution in [3.63, 3.8) is 0 Å². The van der Waals surface area contributed by atoms with Crippen molar-refractivity contribution < 1.29 is 4.79 Å². The zero-order valence-corrected chi connectivity index (χ0v) is 18.0. The molecule has 28 heavy (non-hydrogen) atoms. The molecule has 2 aromatic rings. The van der Waals surface area contributed by atoms with E-state index in [1.165, 1.54) is 64.2 Å². The number of carbonyl (C=O) groups excluding carboxylic acids is 1. The van der Waals surface area contributed by atoms with E-state index >= 15 is 0 Å². The van der Waals surface area contributed by atoms with Crippen LogP contribution in [0.1, 0.15) is 74.6 Å². The van der Waals surface area contributed by atoms with Crippen LogP contribution >= 0.6 is 24.0 Å². The highest BCUT2D eigenvalue weighted by Crippen LogP contribution is 2.33. The summed E-state index contributed by atoms with van der Waals surface area (Å²) in [5, 5.41) is 0.899. The van der Waals surface area contributed by atoms with Crippen LogP contribution in [0, 0.1) is 0 Å². The molecule has 2 heterocycles. The maximum atomic E-state index is 12.9. The van der Waals surface area contributed by atoms with Crippen molar-refractivity contribution in [3.8, 4) is 0 Å². The van der Waals surface area contributed by atoms with Crippen molar-refractivity contribution in [2.45, 2.75) is 76.3 Å². The summed E-state index contributed by atoms with van der Waals surface area (Å²) in [7, 11) is 0. The van der Waals surface area contributed by atoms with Gasteiger partial charge in [0.15, 0.2) is 5.78 Å². The second-order valence-electron chi connectivity index (χ2n) is 8.07. The summed E-state index contributed by atoms with van der Waals surface area (Å²) in [5.74, 6) is 0.523.